The first-order valence-electron chi connectivity index (χ1n) is 7.72. The van der Waals surface area contributed by atoms with Crippen molar-refractivity contribution in [3.63, 3.8) is 0 Å². The quantitative estimate of drug-likeness (QED) is 0.341. The molecule has 0 saturated carbocycles. The molecule has 0 amide bonds. The lowest BCUT2D eigenvalue weighted by molar-refractivity contribution is 0.831. The van der Waals surface area contributed by atoms with Crippen LogP contribution in [0.5, 0.6) is 0 Å². The molecule has 0 fully saturated rings. The van der Waals surface area contributed by atoms with Gasteiger partial charge in [0.25, 0.3) is 0 Å². The number of imidazole rings is 1. The lowest BCUT2D eigenvalue weighted by Crippen LogP contribution is -2.33. The highest BCUT2D eigenvalue weighted by Crippen LogP contribution is 2.10. The molecule has 0 aliphatic rings. The lowest BCUT2D eigenvalue weighted by Gasteiger charge is -2.03. The van der Waals surface area contributed by atoms with Crippen molar-refractivity contribution in [2.24, 2.45) is 10.7 Å². The molecule has 3 heterocycles. The average Bonchev–Trinajstić information content (AvgIpc) is 3.17. The molecule has 24 heavy (non-hydrogen) atoms. The number of halogens is 1. The van der Waals surface area contributed by atoms with Crippen molar-refractivity contribution >= 4 is 46.9 Å². The van der Waals surface area contributed by atoms with Crippen molar-refractivity contribution in [1.82, 2.24) is 14.7 Å². The molecule has 0 unspecified atom stereocenters. The summed E-state index contributed by atoms with van der Waals surface area (Å²) < 4.78 is 2.06. The molecule has 3 rings (SSSR count). The largest absolute Gasteiger partial charge is 0.370 e. The maximum Gasteiger partial charge on any atom is 0.188 e. The zero-order valence-corrected chi connectivity index (χ0v) is 16.8. The van der Waals surface area contributed by atoms with Gasteiger partial charge in [0, 0.05) is 43.2 Å². The van der Waals surface area contributed by atoms with Crippen LogP contribution >= 0.6 is 35.3 Å². The Kier molecular flexibility index (Phi) is 7.04. The Balaban J connectivity index is 0.00000208. The third-order valence-corrected chi connectivity index (χ3v) is 4.57. The molecular weight excluding hydrogens is 433 g/mol. The SMILES string of the molecule is Cc1cccn2cc(CCNC(N)=NCCc3cccs3)nc12.I. The number of hydrogen-bond acceptors (Lipinski definition) is 3. The molecule has 3 aromatic rings. The fourth-order valence-electron chi connectivity index (χ4n) is 2.44. The second-order valence-electron chi connectivity index (χ2n) is 5.43. The fraction of sp³-hybridized carbons (Fsp3) is 0.294. The number of aliphatic imine (C=N–C) groups is 1. The second kappa shape index (κ2) is 9.03. The van der Waals surface area contributed by atoms with Gasteiger partial charge < -0.3 is 15.5 Å². The van der Waals surface area contributed by atoms with Crippen LogP contribution in [-0.4, -0.2) is 28.4 Å². The van der Waals surface area contributed by atoms with E-state index in [1.807, 2.05) is 12.3 Å². The predicted octanol–water partition coefficient (Wildman–Crippen LogP) is 3.01. The number of rotatable bonds is 6. The van der Waals surface area contributed by atoms with Crippen LogP contribution in [0.15, 0.2) is 47.0 Å². The number of thiophene rings is 1. The van der Waals surface area contributed by atoms with E-state index in [0.29, 0.717) is 12.5 Å². The van der Waals surface area contributed by atoms with Crippen molar-refractivity contribution in [2.45, 2.75) is 19.8 Å². The highest BCUT2D eigenvalue weighted by molar-refractivity contribution is 14.0. The monoisotopic (exact) mass is 455 g/mol. The van der Waals surface area contributed by atoms with E-state index in [0.717, 1.165) is 30.7 Å². The Labute approximate surface area is 163 Å². The topological polar surface area (TPSA) is 67.7 Å². The van der Waals surface area contributed by atoms with Crippen LogP contribution in [0.1, 0.15) is 16.1 Å². The van der Waals surface area contributed by atoms with Crippen molar-refractivity contribution in [2.75, 3.05) is 13.1 Å². The Hall–Kier alpha value is -1.61. The molecule has 0 radical (unpaired) electrons. The van der Waals surface area contributed by atoms with Gasteiger partial charge in [-0.3, -0.25) is 4.99 Å². The van der Waals surface area contributed by atoms with Gasteiger partial charge in [0.1, 0.15) is 5.65 Å². The van der Waals surface area contributed by atoms with E-state index < -0.39 is 0 Å². The van der Waals surface area contributed by atoms with Gasteiger partial charge in [0.05, 0.1) is 5.69 Å². The Bertz CT molecular complexity index is 795. The maximum atomic E-state index is 5.89. The van der Waals surface area contributed by atoms with E-state index in [9.17, 15) is 0 Å². The summed E-state index contributed by atoms with van der Waals surface area (Å²) in [5.41, 5.74) is 9.14. The van der Waals surface area contributed by atoms with Gasteiger partial charge in [-0.2, -0.15) is 0 Å². The van der Waals surface area contributed by atoms with Gasteiger partial charge in [-0.1, -0.05) is 12.1 Å². The van der Waals surface area contributed by atoms with Crippen LogP contribution in [0.4, 0.5) is 0 Å². The first kappa shape index (κ1) is 18.7. The normalized spacial score (nSPS) is 11.5. The minimum atomic E-state index is 0. The van der Waals surface area contributed by atoms with E-state index in [-0.39, 0.29) is 24.0 Å². The fourth-order valence-corrected chi connectivity index (χ4v) is 3.14. The third-order valence-electron chi connectivity index (χ3n) is 3.64. The number of aryl methyl sites for hydroxylation is 1. The zero-order chi connectivity index (χ0) is 16.1. The number of nitrogens with zero attached hydrogens (tertiary/aromatic N) is 3. The van der Waals surface area contributed by atoms with Crippen LogP contribution < -0.4 is 11.1 Å². The Morgan fingerprint density at radius 3 is 2.96 bits per heavy atom. The van der Waals surface area contributed by atoms with E-state index in [1.54, 1.807) is 11.3 Å². The number of hydrogen-bond donors (Lipinski definition) is 2. The smallest absolute Gasteiger partial charge is 0.188 e. The van der Waals surface area contributed by atoms with Gasteiger partial charge in [-0.25, -0.2) is 4.98 Å². The number of nitrogens with one attached hydrogen (secondary N) is 1. The molecule has 3 aromatic heterocycles. The van der Waals surface area contributed by atoms with Gasteiger partial charge >= 0.3 is 0 Å². The van der Waals surface area contributed by atoms with Crippen molar-refractivity contribution in [3.8, 4) is 0 Å². The molecule has 0 aliphatic heterocycles. The number of guanidine groups is 1. The summed E-state index contributed by atoms with van der Waals surface area (Å²) in [5, 5.41) is 5.23. The van der Waals surface area contributed by atoms with Crippen molar-refractivity contribution < 1.29 is 0 Å². The van der Waals surface area contributed by atoms with Crippen molar-refractivity contribution in [1.29, 1.82) is 0 Å². The summed E-state index contributed by atoms with van der Waals surface area (Å²) >= 11 is 1.75. The van der Waals surface area contributed by atoms with Crippen LogP contribution in [0.25, 0.3) is 5.65 Å². The van der Waals surface area contributed by atoms with E-state index in [4.69, 9.17) is 5.73 Å². The van der Waals surface area contributed by atoms with Gasteiger partial charge in [-0.15, -0.1) is 35.3 Å². The molecule has 0 bridgehead atoms. The van der Waals surface area contributed by atoms with Crippen LogP contribution in [-0.2, 0) is 12.8 Å². The molecule has 0 aromatic carbocycles. The predicted molar refractivity (Wildman–Crippen MR) is 112 cm³/mol. The van der Waals surface area contributed by atoms with Gasteiger partial charge in [-0.05, 0) is 30.0 Å². The van der Waals surface area contributed by atoms with Gasteiger partial charge in [0.2, 0.25) is 0 Å². The van der Waals surface area contributed by atoms with E-state index in [2.05, 4.69) is 56.4 Å². The summed E-state index contributed by atoms with van der Waals surface area (Å²) in [6.45, 7) is 3.52. The van der Waals surface area contributed by atoms with Crippen molar-refractivity contribution in [3.05, 3.63) is 58.2 Å². The Morgan fingerprint density at radius 2 is 2.21 bits per heavy atom. The van der Waals surface area contributed by atoms with E-state index >= 15 is 0 Å². The molecule has 128 valence electrons. The molecule has 5 nitrogen and oxygen atoms in total. The van der Waals surface area contributed by atoms with Crippen LogP contribution in [0.2, 0.25) is 0 Å². The summed E-state index contributed by atoms with van der Waals surface area (Å²) in [6, 6.07) is 8.28. The summed E-state index contributed by atoms with van der Waals surface area (Å²) in [6.07, 6.45) is 5.84. The molecule has 0 atom stereocenters. The Morgan fingerprint density at radius 1 is 1.33 bits per heavy atom. The highest BCUT2D eigenvalue weighted by Gasteiger charge is 2.03. The molecule has 7 heteroatoms. The van der Waals surface area contributed by atoms with Crippen LogP contribution in [0, 0.1) is 6.92 Å². The molecular formula is C17H22IN5S. The maximum absolute atomic E-state index is 5.89. The van der Waals surface area contributed by atoms with Crippen LogP contribution in [0.3, 0.4) is 0 Å². The first-order chi connectivity index (χ1) is 11.2. The number of fused-ring (bicyclic) bond motifs is 1. The minimum Gasteiger partial charge on any atom is -0.370 e. The highest BCUT2D eigenvalue weighted by atomic mass is 127. The second-order valence-corrected chi connectivity index (χ2v) is 6.46. The van der Waals surface area contributed by atoms with Gasteiger partial charge in [0.15, 0.2) is 5.96 Å². The summed E-state index contributed by atoms with van der Waals surface area (Å²) in [5.74, 6) is 0.501. The zero-order valence-electron chi connectivity index (χ0n) is 13.6. The number of nitrogens with two attached hydrogens (primary N) is 1. The first-order valence-corrected chi connectivity index (χ1v) is 8.60. The number of pyridine rings is 1. The molecule has 0 saturated heterocycles. The summed E-state index contributed by atoms with van der Waals surface area (Å²) in [7, 11) is 0. The minimum absolute atomic E-state index is 0. The average molecular weight is 455 g/mol. The third kappa shape index (κ3) is 4.94. The lowest BCUT2D eigenvalue weighted by atomic mass is 10.3. The molecule has 3 N–H and O–H groups in total. The molecule has 0 aliphatic carbocycles. The standard InChI is InChI=1S/C17H21N5S.HI/c1-13-4-2-10-22-12-14(21-16(13)22)6-8-19-17(18)20-9-7-15-5-3-11-23-15;/h2-5,10-12H,6-9H2,1H3,(H3,18,19,20);1H. The molecule has 0 spiro atoms. The number of aromatic nitrogens is 2. The summed E-state index contributed by atoms with van der Waals surface area (Å²) in [4.78, 5) is 10.3. The van der Waals surface area contributed by atoms with E-state index in [1.165, 1.54) is 10.4 Å².